The summed E-state index contributed by atoms with van der Waals surface area (Å²) in [6.45, 7) is 3.46. The molecule has 0 N–H and O–H groups in total. The van der Waals surface area contributed by atoms with Crippen molar-refractivity contribution in [1.29, 1.82) is 0 Å². The fraction of sp³-hybridized carbons (Fsp3) is 0. The van der Waals surface area contributed by atoms with E-state index in [2.05, 4.69) is 22.5 Å². The van der Waals surface area contributed by atoms with Crippen molar-refractivity contribution in [2.75, 3.05) is 0 Å². The van der Waals surface area contributed by atoms with E-state index < -0.39 is 0 Å². The molecule has 0 nitrogen and oxygen atoms in total. The molecule has 0 heterocycles. The molecule has 40 valence electrons. The van der Waals surface area contributed by atoms with Gasteiger partial charge in [-0.05, 0) is 15.9 Å². The van der Waals surface area contributed by atoms with Crippen LogP contribution in [0.15, 0.2) is 21.6 Å². The van der Waals surface area contributed by atoms with Gasteiger partial charge in [0.15, 0.2) is 0 Å². The average molecular weight is 202 g/mol. The van der Waals surface area contributed by atoms with Gasteiger partial charge >= 0.3 is 0 Å². The topological polar surface area (TPSA) is 0 Å². The smallest absolute Gasteiger partial charge is 0.0654 e. The van der Waals surface area contributed by atoms with Crippen molar-refractivity contribution in [1.82, 2.24) is 0 Å². The maximum absolute atomic E-state index is 5.38. The Morgan fingerprint density at radius 2 is 2.14 bits per heavy atom. The lowest BCUT2D eigenvalue weighted by Crippen LogP contribution is -1.60. The molecule has 0 saturated heterocycles. The van der Waals surface area contributed by atoms with E-state index in [9.17, 15) is 0 Å². The van der Waals surface area contributed by atoms with Crippen molar-refractivity contribution < 1.29 is 0 Å². The van der Waals surface area contributed by atoms with Crippen LogP contribution in [0, 0.1) is 0 Å². The van der Waals surface area contributed by atoms with Crippen molar-refractivity contribution >= 4 is 39.1 Å². The Labute approximate surface area is 60.9 Å². The highest BCUT2D eigenvalue weighted by molar-refractivity contribution is 9.12. The van der Waals surface area contributed by atoms with Gasteiger partial charge in [-0.2, -0.15) is 0 Å². The average Bonchev–Trinajstić information content (AvgIpc) is 1.65. The molecule has 0 unspecified atom stereocenters. The summed E-state index contributed by atoms with van der Waals surface area (Å²) in [7, 11) is 0. The Morgan fingerprint density at radius 3 is 2.14 bits per heavy atom. The number of rotatable bonds is 1. The minimum absolute atomic E-state index is 0.432. The number of allylic oxidation sites excluding steroid dienone is 2. The van der Waals surface area contributed by atoms with Gasteiger partial charge in [0.1, 0.15) is 0 Å². The van der Waals surface area contributed by atoms with E-state index in [0.717, 1.165) is 0 Å². The highest BCUT2D eigenvalue weighted by atomic mass is 79.9. The van der Waals surface area contributed by atoms with Gasteiger partial charge in [-0.15, -0.1) is 0 Å². The molecule has 3 heteroatoms. The second-order valence-electron chi connectivity index (χ2n) is 0.862. The molecule has 0 amide bonds. The van der Waals surface area contributed by atoms with Gasteiger partial charge < -0.3 is 0 Å². The molecule has 0 aromatic heterocycles. The summed E-state index contributed by atoms with van der Waals surface area (Å²) >= 11 is 13.6. The van der Waals surface area contributed by atoms with E-state index in [1.54, 1.807) is 0 Å². The first-order chi connectivity index (χ1) is 3.18. The van der Waals surface area contributed by atoms with Gasteiger partial charge in [0, 0.05) is 10.0 Å². The van der Waals surface area contributed by atoms with Crippen molar-refractivity contribution in [2.24, 2.45) is 0 Å². The highest BCUT2D eigenvalue weighted by Crippen LogP contribution is 2.18. The molecule has 0 aliphatic carbocycles. The van der Waals surface area contributed by atoms with Gasteiger partial charge in [-0.25, -0.2) is 0 Å². The molecule has 0 aliphatic rings. The van der Waals surface area contributed by atoms with E-state index in [-0.39, 0.29) is 0 Å². The molecule has 0 rings (SSSR count). The lowest BCUT2D eigenvalue weighted by Gasteiger charge is -1.85. The van der Waals surface area contributed by atoms with E-state index in [1.807, 2.05) is 0 Å². The molecule has 0 fully saturated rings. The van der Waals surface area contributed by atoms with Crippen LogP contribution in [0.5, 0.6) is 0 Å². The fourth-order valence-electron chi connectivity index (χ4n) is 0.0592. The Bertz CT molecular complexity index is 106. The Balaban J connectivity index is 3.82. The van der Waals surface area contributed by atoms with Crippen LogP contribution < -0.4 is 0 Å². The van der Waals surface area contributed by atoms with Crippen LogP contribution in [0.2, 0.25) is 0 Å². The Morgan fingerprint density at radius 1 is 1.71 bits per heavy atom. The molecule has 0 aromatic carbocycles. The SMILES string of the molecule is C=C(Br)C(Cl)=CCl. The second kappa shape index (κ2) is 3.53. The van der Waals surface area contributed by atoms with Crippen LogP contribution in [0.1, 0.15) is 0 Å². The maximum atomic E-state index is 5.38. The van der Waals surface area contributed by atoms with Crippen molar-refractivity contribution in [3.8, 4) is 0 Å². The first-order valence-corrected chi connectivity index (χ1v) is 3.10. The minimum Gasteiger partial charge on any atom is -0.0913 e. The monoisotopic (exact) mass is 200 g/mol. The number of hydrogen-bond acceptors (Lipinski definition) is 0. The van der Waals surface area contributed by atoms with Gasteiger partial charge in [0.05, 0.1) is 5.03 Å². The standard InChI is InChI=1S/C4H3BrCl2/c1-3(5)4(7)2-6/h2H,1H2. The van der Waals surface area contributed by atoms with Gasteiger partial charge in [0.2, 0.25) is 0 Å². The predicted molar refractivity (Wildman–Crippen MR) is 37.9 cm³/mol. The first kappa shape index (κ1) is 7.54. The lowest BCUT2D eigenvalue weighted by molar-refractivity contribution is 1.96. The third-order valence-corrected chi connectivity index (χ3v) is 1.68. The summed E-state index contributed by atoms with van der Waals surface area (Å²) in [6.07, 6.45) is 0. The predicted octanol–water partition coefficient (Wildman–Crippen LogP) is 3.21. The van der Waals surface area contributed by atoms with Crippen LogP contribution in [-0.2, 0) is 0 Å². The maximum Gasteiger partial charge on any atom is 0.0654 e. The molecule has 0 atom stereocenters. The van der Waals surface area contributed by atoms with Crippen LogP contribution in [0.3, 0.4) is 0 Å². The fourth-order valence-corrected chi connectivity index (χ4v) is 0.437. The molecule has 0 radical (unpaired) electrons. The van der Waals surface area contributed by atoms with Gasteiger partial charge in [-0.3, -0.25) is 0 Å². The third-order valence-electron chi connectivity index (χ3n) is 0.355. The molecule has 0 spiro atoms. The summed E-state index contributed by atoms with van der Waals surface area (Å²) in [5.74, 6) is 0. The zero-order valence-electron chi connectivity index (χ0n) is 3.42. The van der Waals surface area contributed by atoms with Crippen LogP contribution in [0.4, 0.5) is 0 Å². The molecule has 0 bridgehead atoms. The third kappa shape index (κ3) is 3.15. The molecule has 0 saturated carbocycles. The summed E-state index contributed by atoms with van der Waals surface area (Å²) in [5, 5.41) is 0.432. The van der Waals surface area contributed by atoms with Crippen LogP contribution in [-0.4, -0.2) is 0 Å². The molecular formula is C4H3BrCl2. The molecular weight excluding hydrogens is 199 g/mol. The second-order valence-corrected chi connectivity index (χ2v) is 2.44. The van der Waals surface area contributed by atoms with E-state index in [0.29, 0.717) is 9.51 Å². The van der Waals surface area contributed by atoms with Crippen LogP contribution >= 0.6 is 39.1 Å². The number of halogens is 3. The normalized spacial score (nSPS) is 11.6. The Hall–Kier alpha value is 0.540. The van der Waals surface area contributed by atoms with Gasteiger partial charge in [-0.1, -0.05) is 29.8 Å². The van der Waals surface area contributed by atoms with E-state index >= 15 is 0 Å². The minimum atomic E-state index is 0.432. The first-order valence-electron chi connectivity index (χ1n) is 1.49. The summed E-state index contributed by atoms with van der Waals surface area (Å²) in [5.41, 5.74) is 1.25. The summed E-state index contributed by atoms with van der Waals surface area (Å²) in [6, 6.07) is 0. The quantitative estimate of drug-likeness (QED) is 0.572. The largest absolute Gasteiger partial charge is 0.0913 e. The van der Waals surface area contributed by atoms with E-state index in [1.165, 1.54) is 5.54 Å². The summed E-state index contributed by atoms with van der Waals surface area (Å²) in [4.78, 5) is 0. The molecule has 0 aliphatic heterocycles. The van der Waals surface area contributed by atoms with Gasteiger partial charge in [0.25, 0.3) is 0 Å². The van der Waals surface area contributed by atoms with Crippen LogP contribution in [0.25, 0.3) is 0 Å². The van der Waals surface area contributed by atoms with Crippen molar-refractivity contribution in [3.63, 3.8) is 0 Å². The Kier molecular flexibility index (Phi) is 3.80. The van der Waals surface area contributed by atoms with E-state index in [4.69, 9.17) is 23.2 Å². The summed E-state index contributed by atoms with van der Waals surface area (Å²) < 4.78 is 0.601. The van der Waals surface area contributed by atoms with Crippen molar-refractivity contribution in [3.05, 3.63) is 21.6 Å². The molecule has 7 heavy (non-hydrogen) atoms. The number of hydrogen-bond donors (Lipinski definition) is 0. The zero-order chi connectivity index (χ0) is 5.86. The van der Waals surface area contributed by atoms with Crippen molar-refractivity contribution in [2.45, 2.75) is 0 Å². The molecule has 0 aromatic rings. The highest BCUT2D eigenvalue weighted by Gasteiger charge is 1.88. The zero-order valence-corrected chi connectivity index (χ0v) is 6.52. The lowest BCUT2D eigenvalue weighted by atomic mass is 10.6.